The van der Waals surface area contributed by atoms with Gasteiger partial charge in [-0.2, -0.15) is 0 Å². The minimum Gasteiger partial charge on any atom is -0.330 e. The average Bonchev–Trinajstić information content (AvgIpc) is 2.45. The molecule has 1 aliphatic rings. The topological polar surface area (TPSA) is 29.3 Å². The lowest BCUT2D eigenvalue weighted by Gasteiger charge is -2.36. The Kier molecular flexibility index (Phi) is 5.71. The van der Waals surface area contributed by atoms with Crippen molar-refractivity contribution < 1.29 is 8.78 Å². The van der Waals surface area contributed by atoms with Gasteiger partial charge in [-0.25, -0.2) is 8.78 Å². The number of rotatable bonds is 5. The van der Waals surface area contributed by atoms with Crippen molar-refractivity contribution in [1.82, 2.24) is 4.90 Å². The van der Waals surface area contributed by atoms with Gasteiger partial charge in [0.1, 0.15) is 0 Å². The molecule has 1 heterocycles. The first kappa shape index (κ1) is 16.4. The Bertz CT molecular complexity index is 454. The second kappa shape index (κ2) is 7.32. The standard InChI is InChI=1S/C17H26F2N2/c1-12(2)11-21-7-5-13(6-8-21)15(10-20)14-3-4-16(18)17(19)9-14/h3-4,9,12-13,15H,5-8,10-11,20H2,1-2H3. The number of nitrogens with two attached hydrogens (primary N) is 1. The fourth-order valence-electron chi connectivity index (χ4n) is 3.40. The van der Waals surface area contributed by atoms with Gasteiger partial charge < -0.3 is 10.6 Å². The van der Waals surface area contributed by atoms with E-state index >= 15 is 0 Å². The van der Waals surface area contributed by atoms with Crippen molar-refractivity contribution in [2.45, 2.75) is 32.6 Å². The van der Waals surface area contributed by atoms with Gasteiger partial charge in [-0.1, -0.05) is 19.9 Å². The Morgan fingerprint density at radius 2 is 1.86 bits per heavy atom. The van der Waals surface area contributed by atoms with E-state index in [2.05, 4.69) is 18.7 Å². The highest BCUT2D eigenvalue weighted by molar-refractivity contribution is 5.23. The van der Waals surface area contributed by atoms with E-state index in [0.29, 0.717) is 18.4 Å². The molecule has 1 unspecified atom stereocenters. The van der Waals surface area contributed by atoms with Crippen molar-refractivity contribution in [3.8, 4) is 0 Å². The molecule has 1 aliphatic heterocycles. The van der Waals surface area contributed by atoms with Crippen LogP contribution in [0.2, 0.25) is 0 Å². The van der Waals surface area contributed by atoms with Gasteiger partial charge in [0.15, 0.2) is 11.6 Å². The van der Waals surface area contributed by atoms with Crippen molar-refractivity contribution in [2.75, 3.05) is 26.2 Å². The van der Waals surface area contributed by atoms with Crippen molar-refractivity contribution in [2.24, 2.45) is 17.6 Å². The van der Waals surface area contributed by atoms with Crippen LogP contribution in [0.1, 0.15) is 38.2 Å². The third kappa shape index (κ3) is 4.24. The summed E-state index contributed by atoms with van der Waals surface area (Å²) in [7, 11) is 0. The highest BCUT2D eigenvalue weighted by atomic mass is 19.2. The van der Waals surface area contributed by atoms with Crippen LogP contribution in [-0.2, 0) is 0 Å². The molecule has 2 nitrogen and oxygen atoms in total. The number of piperidine rings is 1. The van der Waals surface area contributed by atoms with Crippen LogP contribution in [0.4, 0.5) is 8.78 Å². The summed E-state index contributed by atoms with van der Waals surface area (Å²) in [4.78, 5) is 2.49. The highest BCUT2D eigenvalue weighted by Gasteiger charge is 2.27. The maximum Gasteiger partial charge on any atom is 0.159 e. The van der Waals surface area contributed by atoms with E-state index < -0.39 is 11.6 Å². The molecule has 0 aliphatic carbocycles. The summed E-state index contributed by atoms with van der Waals surface area (Å²) in [6.45, 7) is 8.23. The molecule has 1 aromatic carbocycles. The van der Waals surface area contributed by atoms with E-state index in [1.165, 1.54) is 12.1 Å². The molecule has 0 radical (unpaired) electrons. The fraction of sp³-hybridized carbons (Fsp3) is 0.647. The lowest BCUT2D eigenvalue weighted by atomic mass is 9.80. The number of hydrogen-bond acceptors (Lipinski definition) is 2. The number of halogens is 2. The van der Waals surface area contributed by atoms with Gasteiger partial charge in [0, 0.05) is 6.54 Å². The van der Waals surface area contributed by atoms with E-state index in [1.54, 1.807) is 6.07 Å². The summed E-state index contributed by atoms with van der Waals surface area (Å²) < 4.78 is 26.5. The van der Waals surface area contributed by atoms with Crippen molar-refractivity contribution in [3.05, 3.63) is 35.4 Å². The molecule has 1 aromatic rings. The molecule has 21 heavy (non-hydrogen) atoms. The zero-order chi connectivity index (χ0) is 15.4. The van der Waals surface area contributed by atoms with Crippen LogP contribution in [0.15, 0.2) is 18.2 Å². The molecular formula is C17H26F2N2. The quantitative estimate of drug-likeness (QED) is 0.902. The third-order valence-corrected chi connectivity index (χ3v) is 4.45. The van der Waals surface area contributed by atoms with E-state index in [1.807, 2.05) is 0 Å². The summed E-state index contributed by atoms with van der Waals surface area (Å²) in [6, 6.07) is 4.20. The van der Waals surface area contributed by atoms with Gasteiger partial charge >= 0.3 is 0 Å². The Labute approximate surface area is 126 Å². The number of nitrogens with zero attached hydrogens (tertiary/aromatic N) is 1. The summed E-state index contributed by atoms with van der Waals surface area (Å²) in [5, 5.41) is 0. The molecule has 118 valence electrons. The third-order valence-electron chi connectivity index (χ3n) is 4.45. The Hall–Kier alpha value is -1.00. The molecule has 0 amide bonds. The first-order chi connectivity index (χ1) is 10.0. The average molecular weight is 296 g/mol. The molecule has 2 N–H and O–H groups in total. The molecule has 4 heteroatoms. The van der Waals surface area contributed by atoms with Crippen LogP contribution >= 0.6 is 0 Å². The molecule has 0 aromatic heterocycles. The first-order valence-electron chi connectivity index (χ1n) is 7.88. The number of likely N-dealkylation sites (tertiary alicyclic amines) is 1. The summed E-state index contributed by atoms with van der Waals surface area (Å²) in [6.07, 6.45) is 2.15. The van der Waals surface area contributed by atoms with Crippen LogP contribution < -0.4 is 5.73 Å². The van der Waals surface area contributed by atoms with Gasteiger partial charge in [-0.3, -0.25) is 0 Å². The Morgan fingerprint density at radius 1 is 1.19 bits per heavy atom. The lowest BCUT2D eigenvalue weighted by Crippen LogP contribution is -2.38. The lowest BCUT2D eigenvalue weighted by molar-refractivity contribution is 0.155. The van der Waals surface area contributed by atoms with E-state index in [0.717, 1.165) is 38.0 Å². The first-order valence-corrected chi connectivity index (χ1v) is 7.88. The van der Waals surface area contributed by atoms with Crippen LogP contribution in [0.25, 0.3) is 0 Å². The molecule has 2 rings (SSSR count). The minimum atomic E-state index is -0.790. The predicted octanol–water partition coefficient (Wildman–Crippen LogP) is 3.38. The Morgan fingerprint density at radius 3 is 2.38 bits per heavy atom. The maximum absolute atomic E-state index is 13.4. The monoisotopic (exact) mass is 296 g/mol. The largest absolute Gasteiger partial charge is 0.330 e. The van der Waals surface area contributed by atoms with Gasteiger partial charge in [0.25, 0.3) is 0 Å². The molecule has 1 atom stereocenters. The van der Waals surface area contributed by atoms with Crippen LogP contribution in [0.3, 0.4) is 0 Å². The van der Waals surface area contributed by atoms with Gasteiger partial charge in [0.05, 0.1) is 0 Å². The molecule has 0 spiro atoms. The summed E-state index contributed by atoms with van der Waals surface area (Å²) in [5.74, 6) is -0.299. The smallest absolute Gasteiger partial charge is 0.159 e. The van der Waals surface area contributed by atoms with Crippen molar-refractivity contribution in [1.29, 1.82) is 0 Å². The second-order valence-corrected chi connectivity index (χ2v) is 6.55. The second-order valence-electron chi connectivity index (χ2n) is 6.55. The molecular weight excluding hydrogens is 270 g/mol. The molecule has 1 saturated heterocycles. The summed E-state index contributed by atoms with van der Waals surface area (Å²) >= 11 is 0. The van der Waals surface area contributed by atoms with Gasteiger partial charge in [-0.15, -0.1) is 0 Å². The van der Waals surface area contributed by atoms with E-state index in [9.17, 15) is 8.78 Å². The van der Waals surface area contributed by atoms with Crippen molar-refractivity contribution in [3.63, 3.8) is 0 Å². The molecule has 0 bridgehead atoms. The van der Waals surface area contributed by atoms with E-state index in [-0.39, 0.29) is 5.92 Å². The molecule has 0 saturated carbocycles. The zero-order valence-electron chi connectivity index (χ0n) is 13.0. The van der Waals surface area contributed by atoms with E-state index in [4.69, 9.17) is 5.73 Å². The van der Waals surface area contributed by atoms with Crippen LogP contribution in [0, 0.1) is 23.5 Å². The fourth-order valence-corrected chi connectivity index (χ4v) is 3.40. The van der Waals surface area contributed by atoms with Gasteiger partial charge in [0.2, 0.25) is 0 Å². The van der Waals surface area contributed by atoms with Crippen LogP contribution in [0.5, 0.6) is 0 Å². The Balaban J connectivity index is 2.00. The van der Waals surface area contributed by atoms with Crippen LogP contribution in [-0.4, -0.2) is 31.1 Å². The van der Waals surface area contributed by atoms with Gasteiger partial charge in [-0.05, 0) is 67.9 Å². The predicted molar refractivity (Wildman–Crippen MR) is 82.2 cm³/mol. The number of hydrogen-bond donors (Lipinski definition) is 1. The maximum atomic E-state index is 13.4. The minimum absolute atomic E-state index is 0.126. The SMILES string of the molecule is CC(C)CN1CCC(C(CN)c2ccc(F)c(F)c2)CC1. The molecule has 1 fully saturated rings. The summed E-state index contributed by atoms with van der Waals surface area (Å²) in [5.41, 5.74) is 6.74. The zero-order valence-corrected chi connectivity index (χ0v) is 13.0. The normalized spacial score (nSPS) is 19.1. The van der Waals surface area contributed by atoms with Crippen molar-refractivity contribution >= 4 is 0 Å². The highest BCUT2D eigenvalue weighted by Crippen LogP contribution is 2.32. The number of benzene rings is 1.